The summed E-state index contributed by atoms with van der Waals surface area (Å²) < 4.78 is 32.2. The van der Waals surface area contributed by atoms with Crippen molar-refractivity contribution in [3.8, 4) is 0 Å². The van der Waals surface area contributed by atoms with Crippen LogP contribution in [0.1, 0.15) is 142 Å². The Morgan fingerprint density at radius 1 is 0.744 bits per heavy atom. The van der Waals surface area contributed by atoms with E-state index in [-0.39, 0.29) is 26.2 Å². The minimum absolute atomic E-state index is 0.0441. The van der Waals surface area contributed by atoms with Gasteiger partial charge in [0.05, 0.1) is 13.2 Å². The Kier molecular flexibility index (Phi) is 29.4. The van der Waals surface area contributed by atoms with Gasteiger partial charge in [0.25, 0.3) is 0 Å². The second-order valence-corrected chi connectivity index (χ2v) is 12.6. The molecule has 252 valence electrons. The topological polar surface area (TPSA) is 134 Å². The highest BCUT2D eigenvalue weighted by Gasteiger charge is 2.25. The van der Waals surface area contributed by atoms with Crippen molar-refractivity contribution in [2.24, 2.45) is 5.73 Å². The number of rotatable bonds is 31. The fourth-order valence-electron chi connectivity index (χ4n) is 4.43. The summed E-state index contributed by atoms with van der Waals surface area (Å²) in [5.41, 5.74) is 5.29. The van der Waals surface area contributed by atoms with Crippen LogP contribution in [0.2, 0.25) is 0 Å². The number of phosphoric ester groups is 1. The smallest absolute Gasteiger partial charge is 0.458 e. The largest absolute Gasteiger partial charge is 0.472 e. The summed E-state index contributed by atoms with van der Waals surface area (Å²) in [4.78, 5) is 34.3. The van der Waals surface area contributed by atoms with Crippen molar-refractivity contribution in [1.82, 2.24) is 0 Å². The highest BCUT2D eigenvalue weighted by molar-refractivity contribution is 7.47. The summed E-state index contributed by atoms with van der Waals surface area (Å²) in [6, 6.07) is 0. The Labute approximate surface area is 261 Å². The molecule has 0 aromatic rings. The van der Waals surface area contributed by atoms with Crippen molar-refractivity contribution >= 4 is 19.8 Å². The lowest BCUT2D eigenvalue weighted by Gasteiger charge is -2.19. The number of unbranched alkanes of at least 4 members (excludes halogenated alkanes) is 17. The highest BCUT2D eigenvalue weighted by atomic mass is 31.2. The number of nitrogens with two attached hydrogens (primary N) is 1. The molecule has 0 radical (unpaired) electrons. The minimum Gasteiger partial charge on any atom is -0.458 e. The predicted molar refractivity (Wildman–Crippen MR) is 174 cm³/mol. The molecule has 0 saturated heterocycles. The van der Waals surface area contributed by atoms with Crippen molar-refractivity contribution in [2.75, 3.05) is 26.4 Å². The van der Waals surface area contributed by atoms with E-state index in [4.69, 9.17) is 24.3 Å². The van der Waals surface area contributed by atoms with Gasteiger partial charge < -0.3 is 20.1 Å². The van der Waals surface area contributed by atoms with Gasteiger partial charge in [-0.2, -0.15) is 0 Å². The highest BCUT2D eigenvalue weighted by Crippen LogP contribution is 2.43. The van der Waals surface area contributed by atoms with Crippen LogP contribution in [0.5, 0.6) is 0 Å². The number of carbonyl (C=O) groups excluding carboxylic acids is 2. The van der Waals surface area contributed by atoms with Crippen LogP contribution in [-0.4, -0.2) is 49.3 Å². The normalized spacial score (nSPS) is 13.9. The van der Waals surface area contributed by atoms with Gasteiger partial charge >= 0.3 is 19.8 Å². The van der Waals surface area contributed by atoms with Crippen molar-refractivity contribution in [2.45, 2.75) is 148 Å². The Morgan fingerprint density at radius 2 is 1.28 bits per heavy atom. The second-order valence-electron chi connectivity index (χ2n) is 11.1. The molecule has 0 saturated carbocycles. The zero-order valence-electron chi connectivity index (χ0n) is 27.2. The molecule has 1 unspecified atom stereocenters. The number of hydrogen-bond donors (Lipinski definition) is 2. The fraction of sp³-hybridized carbons (Fsp3) is 0.818. The van der Waals surface area contributed by atoms with Gasteiger partial charge in [0, 0.05) is 19.0 Å². The van der Waals surface area contributed by atoms with Crippen LogP contribution in [-0.2, 0) is 32.7 Å². The summed E-state index contributed by atoms with van der Waals surface area (Å²) in [6.07, 6.45) is 28.7. The number of allylic oxidation sites excluding steroid dienone is 3. The maximum absolute atomic E-state index is 12.3. The van der Waals surface area contributed by atoms with E-state index in [1.165, 1.54) is 89.5 Å². The molecular formula is C33H62NO8P. The van der Waals surface area contributed by atoms with Crippen LogP contribution in [0, 0.1) is 0 Å². The molecule has 0 spiro atoms. The first-order chi connectivity index (χ1) is 20.8. The number of phosphoric acid groups is 1. The van der Waals surface area contributed by atoms with Gasteiger partial charge in [-0.3, -0.25) is 13.8 Å². The van der Waals surface area contributed by atoms with Gasteiger partial charge in [-0.1, -0.05) is 135 Å². The Bertz CT molecular complexity index is 774. The average molecular weight is 632 g/mol. The van der Waals surface area contributed by atoms with Crippen LogP contribution in [0.15, 0.2) is 24.3 Å². The SMILES string of the molecule is CCCCCCCCCCCCC/C=C/C=C/C(=O)OC[C@@H](COP(=O)(O)OCCN)OC(=O)CCCCCCCCC. The molecule has 0 aromatic carbocycles. The molecule has 3 N–H and O–H groups in total. The number of ether oxygens (including phenoxy) is 2. The van der Waals surface area contributed by atoms with E-state index in [2.05, 4.69) is 13.8 Å². The molecule has 2 atom stereocenters. The third-order valence-corrected chi connectivity index (χ3v) is 7.93. The van der Waals surface area contributed by atoms with E-state index in [1.54, 1.807) is 6.08 Å². The summed E-state index contributed by atoms with van der Waals surface area (Å²) in [7, 11) is -4.37. The Balaban J connectivity index is 4.33. The lowest BCUT2D eigenvalue weighted by molar-refractivity contribution is -0.159. The predicted octanol–water partition coefficient (Wildman–Crippen LogP) is 8.49. The van der Waals surface area contributed by atoms with E-state index >= 15 is 0 Å². The maximum atomic E-state index is 12.3. The number of carbonyl (C=O) groups is 2. The maximum Gasteiger partial charge on any atom is 0.472 e. The molecule has 9 nitrogen and oxygen atoms in total. The molecule has 0 aliphatic carbocycles. The second kappa shape index (κ2) is 30.5. The summed E-state index contributed by atoms with van der Waals surface area (Å²) in [5, 5.41) is 0. The zero-order chi connectivity index (χ0) is 31.9. The van der Waals surface area contributed by atoms with Crippen molar-refractivity contribution in [1.29, 1.82) is 0 Å². The third kappa shape index (κ3) is 30.3. The molecule has 0 aliphatic rings. The summed E-state index contributed by atoms with van der Waals surface area (Å²) in [5.74, 6) is -1.09. The molecule has 10 heteroatoms. The Hall–Kier alpha value is -1.51. The Morgan fingerprint density at radius 3 is 1.84 bits per heavy atom. The molecule has 0 rings (SSSR count). The first kappa shape index (κ1) is 41.5. The van der Waals surface area contributed by atoms with Gasteiger partial charge in [-0.15, -0.1) is 0 Å². The van der Waals surface area contributed by atoms with Gasteiger partial charge in [-0.25, -0.2) is 9.36 Å². The molecule has 0 aromatic heterocycles. The quantitative estimate of drug-likeness (QED) is 0.0254. The van der Waals surface area contributed by atoms with Gasteiger partial charge in [0.2, 0.25) is 0 Å². The van der Waals surface area contributed by atoms with E-state index in [0.29, 0.717) is 6.42 Å². The molecule has 43 heavy (non-hydrogen) atoms. The van der Waals surface area contributed by atoms with Crippen LogP contribution >= 0.6 is 7.82 Å². The standard InChI is InChI=1S/C33H62NO8P/c1-3-5-7-9-11-12-13-14-15-16-17-18-20-21-23-25-32(35)39-29-31(30-41-43(37,38)40-28-27-34)42-33(36)26-24-22-19-10-8-6-4-2/h20-21,23,25,31H,3-19,22,24,26-30,34H2,1-2H3,(H,37,38)/b21-20+,25-23+/t31-/m0/s1. The first-order valence-corrected chi connectivity index (χ1v) is 18.4. The van der Waals surface area contributed by atoms with Gasteiger partial charge in [-0.05, 0) is 19.3 Å². The van der Waals surface area contributed by atoms with Crippen molar-refractivity contribution < 1.29 is 37.6 Å². The first-order valence-electron chi connectivity index (χ1n) is 16.9. The zero-order valence-corrected chi connectivity index (χ0v) is 28.1. The van der Waals surface area contributed by atoms with E-state index in [0.717, 1.165) is 32.1 Å². The molecule has 0 fully saturated rings. The van der Waals surface area contributed by atoms with E-state index in [9.17, 15) is 19.0 Å². The van der Waals surface area contributed by atoms with Crippen molar-refractivity contribution in [3.63, 3.8) is 0 Å². The van der Waals surface area contributed by atoms with Crippen LogP contribution in [0.25, 0.3) is 0 Å². The number of hydrogen-bond acceptors (Lipinski definition) is 8. The monoisotopic (exact) mass is 631 g/mol. The van der Waals surface area contributed by atoms with Gasteiger partial charge in [0.15, 0.2) is 6.10 Å². The molecule has 0 bridgehead atoms. The van der Waals surface area contributed by atoms with Gasteiger partial charge in [0.1, 0.15) is 6.61 Å². The average Bonchev–Trinajstić information content (AvgIpc) is 2.99. The third-order valence-electron chi connectivity index (χ3n) is 6.94. The molecule has 0 amide bonds. The lowest BCUT2D eigenvalue weighted by atomic mass is 10.1. The molecule has 0 aliphatic heterocycles. The molecule has 0 heterocycles. The minimum atomic E-state index is -4.37. The van der Waals surface area contributed by atoms with Crippen LogP contribution < -0.4 is 5.73 Å². The molecular weight excluding hydrogens is 569 g/mol. The van der Waals surface area contributed by atoms with Crippen molar-refractivity contribution in [3.05, 3.63) is 24.3 Å². The van der Waals surface area contributed by atoms with Crippen LogP contribution in [0.3, 0.4) is 0 Å². The van der Waals surface area contributed by atoms with E-state index < -0.39 is 32.5 Å². The van der Waals surface area contributed by atoms with E-state index in [1.807, 2.05) is 12.2 Å². The number of esters is 2. The fourth-order valence-corrected chi connectivity index (χ4v) is 5.19. The lowest BCUT2D eigenvalue weighted by Crippen LogP contribution is -2.29. The summed E-state index contributed by atoms with van der Waals surface area (Å²) >= 11 is 0. The van der Waals surface area contributed by atoms with Crippen LogP contribution in [0.4, 0.5) is 0 Å². The summed E-state index contributed by atoms with van der Waals surface area (Å²) in [6.45, 7) is 3.52.